The molecule has 0 spiro atoms. The Balaban J connectivity index is 2.25. The molecule has 0 fully saturated rings. The molecule has 0 aliphatic carbocycles. The summed E-state index contributed by atoms with van der Waals surface area (Å²) >= 11 is 1.78. The average molecular weight is 246 g/mol. The Morgan fingerprint density at radius 3 is 2.88 bits per heavy atom. The minimum absolute atomic E-state index is 0.0720. The highest BCUT2D eigenvalue weighted by Gasteiger charge is 2.21. The number of hydrogen-bond acceptors (Lipinski definition) is 3. The van der Waals surface area contributed by atoms with E-state index in [-0.39, 0.29) is 5.41 Å². The normalized spacial score (nSPS) is 14.7. The Morgan fingerprint density at radius 1 is 1.47 bits per heavy atom. The van der Waals surface area contributed by atoms with Crippen molar-refractivity contribution in [3.8, 4) is 0 Å². The number of para-hydroxylation sites is 1. The van der Waals surface area contributed by atoms with Crippen LogP contribution in [0.5, 0.6) is 0 Å². The highest BCUT2D eigenvalue weighted by atomic mass is 32.1. The van der Waals surface area contributed by atoms with Crippen LogP contribution in [0, 0.1) is 5.41 Å². The maximum atomic E-state index is 4.67. The molecule has 2 aromatic rings. The highest BCUT2D eigenvalue weighted by molar-refractivity contribution is 7.18. The summed E-state index contributed by atoms with van der Waals surface area (Å²) in [5.41, 5.74) is 1.17. The van der Waals surface area contributed by atoms with Gasteiger partial charge < -0.3 is 5.32 Å². The van der Waals surface area contributed by atoms with Crippen molar-refractivity contribution in [1.29, 1.82) is 0 Å². The van der Waals surface area contributed by atoms with Crippen LogP contribution in [0.15, 0.2) is 36.9 Å². The molecule has 0 aliphatic rings. The molecule has 0 bridgehead atoms. The minimum atomic E-state index is 0.0720. The topological polar surface area (TPSA) is 24.9 Å². The Kier molecular flexibility index (Phi) is 3.60. The lowest BCUT2D eigenvalue weighted by atomic mass is 9.87. The van der Waals surface area contributed by atoms with Crippen molar-refractivity contribution in [1.82, 2.24) is 10.3 Å². The van der Waals surface area contributed by atoms with Crippen molar-refractivity contribution in [2.24, 2.45) is 5.41 Å². The maximum Gasteiger partial charge on any atom is 0.0947 e. The van der Waals surface area contributed by atoms with E-state index in [1.165, 1.54) is 9.71 Å². The summed E-state index contributed by atoms with van der Waals surface area (Å²) in [6.07, 6.45) is 2.96. The molecular formula is C14H18N2S. The van der Waals surface area contributed by atoms with Gasteiger partial charge in [0, 0.05) is 18.4 Å². The van der Waals surface area contributed by atoms with Gasteiger partial charge in [-0.15, -0.1) is 17.9 Å². The second-order valence-corrected chi connectivity index (χ2v) is 5.76. The summed E-state index contributed by atoms with van der Waals surface area (Å²) in [6.45, 7) is 7.07. The quantitative estimate of drug-likeness (QED) is 0.819. The van der Waals surface area contributed by atoms with E-state index < -0.39 is 0 Å². The van der Waals surface area contributed by atoms with Gasteiger partial charge in [0.25, 0.3) is 0 Å². The number of aromatic nitrogens is 1. The molecular weight excluding hydrogens is 228 g/mol. The van der Waals surface area contributed by atoms with Gasteiger partial charge in [-0.1, -0.05) is 25.1 Å². The SMILES string of the molecule is C=CC(C)(CNC)Cc1nc2ccccc2s1. The Morgan fingerprint density at radius 2 is 2.24 bits per heavy atom. The third-order valence-electron chi connectivity index (χ3n) is 2.97. The van der Waals surface area contributed by atoms with Crippen LogP contribution in [0.25, 0.3) is 10.2 Å². The number of nitrogens with zero attached hydrogens (tertiary/aromatic N) is 1. The van der Waals surface area contributed by atoms with E-state index in [0.29, 0.717) is 0 Å². The molecule has 2 nitrogen and oxygen atoms in total. The first-order valence-corrected chi connectivity index (χ1v) is 6.61. The van der Waals surface area contributed by atoms with E-state index in [2.05, 4.69) is 42.0 Å². The van der Waals surface area contributed by atoms with Crippen molar-refractivity contribution >= 4 is 21.6 Å². The molecule has 0 aliphatic heterocycles. The van der Waals surface area contributed by atoms with Gasteiger partial charge >= 0.3 is 0 Å². The lowest BCUT2D eigenvalue weighted by Crippen LogP contribution is -2.29. The zero-order valence-electron chi connectivity index (χ0n) is 10.4. The van der Waals surface area contributed by atoms with Crippen LogP contribution < -0.4 is 5.32 Å². The lowest BCUT2D eigenvalue weighted by molar-refractivity contribution is 0.406. The first kappa shape index (κ1) is 12.3. The van der Waals surface area contributed by atoms with E-state index in [1.807, 2.05) is 19.2 Å². The van der Waals surface area contributed by atoms with Crippen molar-refractivity contribution < 1.29 is 0 Å². The Bertz CT molecular complexity index is 485. The largest absolute Gasteiger partial charge is 0.319 e. The maximum absolute atomic E-state index is 4.67. The van der Waals surface area contributed by atoms with E-state index in [0.717, 1.165) is 18.5 Å². The molecule has 1 unspecified atom stereocenters. The van der Waals surface area contributed by atoms with Gasteiger partial charge in [-0.25, -0.2) is 4.98 Å². The second-order valence-electron chi connectivity index (χ2n) is 4.64. The number of hydrogen-bond donors (Lipinski definition) is 1. The van der Waals surface area contributed by atoms with Gasteiger partial charge in [-0.2, -0.15) is 0 Å². The fourth-order valence-electron chi connectivity index (χ4n) is 1.95. The van der Waals surface area contributed by atoms with E-state index in [4.69, 9.17) is 0 Å². The van der Waals surface area contributed by atoms with Crippen LogP contribution in [-0.4, -0.2) is 18.6 Å². The molecule has 3 heteroatoms. The fraction of sp³-hybridized carbons (Fsp3) is 0.357. The first-order valence-electron chi connectivity index (χ1n) is 5.79. The predicted octanol–water partition coefficient (Wildman–Crippen LogP) is 3.25. The molecule has 0 saturated carbocycles. The monoisotopic (exact) mass is 246 g/mol. The number of thiazole rings is 1. The number of nitrogens with one attached hydrogen (secondary N) is 1. The van der Waals surface area contributed by atoms with Gasteiger partial charge in [-0.05, 0) is 19.2 Å². The summed E-state index contributed by atoms with van der Waals surface area (Å²) in [7, 11) is 1.97. The van der Waals surface area contributed by atoms with E-state index >= 15 is 0 Å². The first-order chi connectivity index (χ1) is 8.17. The number of rotatable bonds is 5. The van der Waals surface area contributed by atoms with Crippen LogP contribution in [0.2, 0.25) is 0 Å². The van der Waals surface area contributed by atoms with Gasteiger partial charge in [0.2, 0.25) is 0 Å². The lowest BCUT2D eigenvalue weighted by Gasteiger charge is -2.23. The third-order valence-corrected chi connectivity index (χ3v) is 4.00. The van der Waals surface area contributed by atoms with Crippen molar-refractivity contribution in [3.63, 3.8) is 0 Å². The van der Waals surface area contributed by atoms with Crippen LogP contribution in [0.1, 0.15) is 11.9 Å². The summed E-state index contributed by atoms with van der Waals surface area (Å²) in [5, 5.41) is 4.40. The molecule has 0 saturated heterocycles. The van der Waals surface area contributed by atoms with Crippen molar-refractivity contribution in [2.75, 3.05) is 13.6 Å². The fourth-order valence-corrected chi connectivity index (χ4v) is 3.12. The molecule has 1 heterocycles. The Hall–Kier alpha value is -1.19. The average Bonchev–Trinajstić information content (AvgIpc) is 2.71. The van der Waals surface area contributed by atoms with Crippen LogP contribution in [0.3, 0.4) is 0 Å². The minimum Gasteiger partial charge on any atom is -0.319 e. The summed E-state index contributed by atoms with van der Waals surface area (Å²) in [6, 6.07) is 8.29. The molecule has 2 rings (SSSR count). The van der Waals surface area contributed by atoms with Gasteiger partial charge in [0.15, 0.2) is 0 Å². The van der Waals surface area contributed by atoms with Crippen molar-refractivity contribution in [3.05, 3.63) is 41.9 Å². The summed E-state index contributed by atoms with van der Waals surface area (Å²) < 4.78 is 1.26. The van der Waals surface area contributed by atoms with Gasteiger partial charge in [-0.3, -0.25) is 0 Å². The molecule has 0 amide bonds. The zero-order chi connectivity index (χ0) is 12.3. The number of benzene rings is 1. The molecule has 1 N–H and O–H groups in total. The molecule has 0 radical (unpaired) electrons. The van der Waals surface area contributed by atoms with E-state index in [1.54, 1.807) is 11.3 Å². The highest BCUT2D eigenvalue weighted by Crippen LogP contribution is 2.28. The molecule has 17 heavy (non-hydrogen) atoms. The van der Waals surface area contributed by atoms with Crippen LogP contribution in [-0.2, 0) is 6.42 Å². The third kappa shape index (κ3) is 2.73. The molecule has 1 aromatic heterocycles. The van der Waals surface area contributed by atoms with Crippen LogP contribution >= 0.6 is 11.3 Å². The second kappa shape index (κ2) is 4.98. The standard InChI is InChI=1S/C14H18N2S/c1-4-14(2,10-15-3)9-13-16-11-7-5-6-8-12(11)17-13/h4-8,15H,1,9-10H2,2-3H3. The predicted molar refractivity (Wildman–Crippen MR) is 75.6 cm³/mol. The summed E-state index contributed by atoms with van der Waals surface area (Å²) in [4.78, 5) is 4.67. The molecule has 90 valence electrons. The van der Waals surface area contributed by atoms with Gasteiger partial charge in [0.1, 0.15) is 0 Å². The smallest absolute Gasteiger partial charge is 0.0947 e. The summed E-state index contributed by atoms with van der Waals surface area (Å²) in [5.74, 6) is 0. The van der Waals surface area contributed by atoms with E-state index in [9.17, 15) is 0 Å². The number of fused-ring (bicyclic) bond motifs is 1. The van der Waals surface area contributed by atoms with Crippen molar-refractivity contribution in [2.45, 2.75) is 13.3 Å². The Labute approximate surface area is 106 Å². The zero-order valence-corrected chi connectivity index (χ0v) is 11.2. The van der Waals surface area contributed by atoms with Crippen LogP contribution in [0.4, 0.5) is 0 Å². The molecule has 1 atom stereocenters. The molecule has 1 aromatic carbocycles. The van der Waals surface area contributed by atoms with Gasteiger partial charge in [0.05, 0.1) is 15.2 Å².